The average molecular weight is 186 g/mol. The fourth-order valence-corrected chi connectivity index (χ4v) is 2.04. The molecule has 2 rings (SSSR count). The van der Waals surface area contributed by atoms with Crippen molar-refractivity contribution >= 4 is 23.2 Å². The minimum absolute atomic E-state index is 0.729. The third-order valence-electron chi connectivity index (χ3n) is 1.95. The van der Waals surface area contributed by atoms with Gasteiger partial charge in [0, 0.05) is 10.0 Å². The summed E-state index contributed by atoms with van der Waals surface area (Å²) < 4.78 is 0. The Bertz CT molecular complexity index is 292. The van der Waals surface area contributed by atoms with Gasteiger partial charge in [0.1, 0.15) is 0 Å². The summed E-state index contributed by atoms with van der Waals surface area (Å²) in [6.07, 6.45) is 4.33. The Balaban J connectivity index is 2.60. The van der Waals surface area contributed by atoms with Gasteiger partial charge in [-0.05, 0) is 42.5 Å². The van der Waals surface area contributed by atoms with Crippen molar-refractivity contribution in [3.05, 3.63) is 39.7 Å². The standard InChI is InChI=1S/C9H7Cl2/c10-7-4-6-2-1-3-8(6)9(11)5-7/h2,4-5H,1,3H2. The van der Waals surface area contributed by atoms with Crippen LogP contribution in [-0.2, 0) is 6.42 Å². The van der Waals surface area contributed by atoms with E-state index in [0.29, 0.717) is 0 Å². The first-order valence-electron chi connectivity index (χ1n) is 3.58. The molecule has 0 saturated heterocycles. The maximum absolute atomic E-state index is 5.97. The Kier molecular flexibility index (Phi) is 1.82. The van der Waals surface area contributed by atoms with Crippen LogP contribution >= 0.6 is 23.2 Å². The van der Waals surface area contributed by atoms with Crippen LogP contribution in [0.15, 0.2) is 12.1 Å². The second-order valence-corrected chi connectivity index (χ2v) is 3.54. The minimum atomic E-state index is 0.729. The third-order valence-corrected chi connectivity index (χ3v) is 2.51. The van der Waals surface area contributed by atoms with Crippen LogP contribution in [0, 0.1) is 6.42 Å². The van der Waals surface area contributed by atoms with E-state index in [4.69, 9.17) is 23.2 Å². The fourth-order valence-electron chi connectivity index (χ4n) is 1.44. The van der Waals surface area contributed by atoms with Crippen molar-refractivity contribution in [1.82, 2.24) is 0 Å². The molecule has 0 aromatic heterocycles. The largest absolute Gasteiger partial charge is 0.0843 e. The predicted octanol–water partition coefficient (Wildman–Crippen LogP) is 3.49. The maximum Gasteiger partial charge on any atom is 0.0455 e. The Hall–Kier alpha value is -0.200. The van der Waals surface area contributed by atoms with Crippen LogP contribution in [0.25, 0.3) is 0 Å². The molecule has 0 spiro atoms. The van der Waals surface area contributed by atoms with Crippen LogP contribution in [0.1, 0.15) is 17.5 Å². The smallest absolute Gasteiger partial charge is 0.0455 e. The molecule has 1 aliphatic carbocycles. The number of hydrogen-bond donors (Lipinski definition) is 0. The van der Waals surface area contributed by atoms with Crippen LogP contribution in [0.5, 0.6) is 0 Å². The highest BCUT2D eigenvalue weighted by Crippen LogP contribution is 2.32. The van der Waals surface area contributed by atoms with Gasteiger partial charge in [-0.25, -0.2) is 0 Å². The van der Waals surface area contributed by atoms with E-state index in [2.05, 4.69) is 6.42 Å². The zero-order chi connectivity index (χ0) is 7.84. The van der Waals surface area contributed by atoms with Crippen molar-refractivity contribution in [1.29, 1.82) is 0 Å². The van der Waals surface area contributed by atoms with E-state index < -0.39 is 0 Å². The normalized spacial score (nSPS) is 15.1. The van der Waals surface area contributed by atoms with E-state index in [-0.39, 0.29) is 0 Å². The molecule has 0 N–H and O–H groups in total. The maximum atomic E-state index is 5.97. The first-order chi connectivity index (χ1) is 5.27. The van der Waals surface area contributed by atoms with Crippen LogP contribution in [0.3, 0.4) is 0 Å². The molecule has 0 nitrogen and oxygen atoms in total. The molecule has 1 aromatic carbocycles. The lowest BCUT2D eigenvalue weighted by Crippen LogP contribution is -1.82. The van der Waals surface area contributed by atoms with E-state index in [0.717, 1.165) is 22.9 Å². The first kappa shape index (κ1) is 7.45. The van der Waals surface area contributed by atoms with Crippen molar-refractivity contribution < 1.29 is 0 Å². The van der Waals surface area contributed by atoms with Crippen molar-refractivity contribution in [3.63, 3.8) is 0 Å². The molecule has 0 unspecified atom stereocenters. The Morgan fingerprint density at radius 1 is 1.18 bits per heavy atom. The van der Waals surface area contributed by atoms with E-state index in [9.17, 15) is 0 Å². The quantitative estimate of drug-likeness (QED) is 0.581. The zero-order valence-corrected chi connectivity index (χ0v) is 7.41. The van der Waals surface area contributed by atoms with Gasteiger partial charge in [0.2, 0.25) is 0 Å². The number of fused-ring (bicyclic) bond motifs is 1. The summed E-state index contributed by atoms with van der Waals surface area (Å²) in [5, 5.41) is 1.54. The van der Waals surface area contributed by atoms with Gasteiger partial charge in [-0.3, -0.25) is 0 Å². The minimum Gasteiger partial charge on any atom is -0.0843 e. The van der Waals surface area contributed by atoms with Gasteiger partial charge in [-0.15, -0.1) is 0 Å². The van der Waals surface area contributed by atoms with Crippen molar-refractivity contribution in [2.24, 2.45) is 0 Å². The molecule has 1 aromatic rings. The molecular weight excluding hydrogens is 179 g/mol. The SMILES string of the molecule is Clc1cc(Cl)c2c(c1)[CH]CC2. The van der Waals surface area contributed by atoms with Crippen LogP contribution < -0.4 is 0 Å². The van der Waals surface area contributed by atoms with Gasteiger partial charge in [0.25, 0.3) is 0 Å². The van der Waals surface area contributed by atoms with Crippen molar-refractivity contribution in [2.75, 3.05) is 0 Å². The Labute approximate surface area is 76.1 Å². The lowest BCUT2D eigenvalue weighted by Gasteiger charge is -2.01. The van der Waals surface area contributed by atoms with Crippen molar-refractivity contribution in [2.45, 2.75) is 12.8 Å². The van der Waals surface area contributed by atoms with Gasteiger partial charge < -0.3 is 0 Å². The number of halogens is 2. The molecule has 0 bridgehead atoms. The number of benzene rings is 1. The summed E-state index contributed by atoms with van der Waals surface area (Å²) in [6, 6.07) is 3.77. The molecule has 0 atom stereocenters. The molecule has 57 valence electrons. The highest BCUT2D eigenvalue weighted by Gasteiger charge is 2.14. The van der Waals surface area contributed by atoms with Crippen LogP contribution in [0.2, 0.25) is 10.0 Å². The zero-order valence-electron chi connectivity index (χ0n) is 5.90. The highest BCUT2D eigenvalue weighted by atomic mass is 35.5. The van der Waals surface area contributed by atoms with Crippen LogP contribution in [0.4, 0.5) is 0 Å². The van der Waals surface area contributed by atoms with Gasteiger partial charge in [-0.2, -0.15) is 0 Å². The molecule has 0 heterocycles. The molecule has 0 fully saturated rings. The second-order valence-electron chi connectivity index (χ2n) is 2.70. The molecule has 0 amide bonds. The first-order valence-corrected chi connectivity index (χ1v) is 4.34. The topological polar surface area (TPSA) is 0 Å². The van der Waals surface area contributed by atoms with E-state index in [1.54, 1.807) is 6.07 Å². The Morgan fingerprint density at radius 2 is 2.00 bits per heavy atom. The summed E-state index contributed by atoms with van der Waals surface area (Å²) in [5.41, 5.74) is 2.46. The third kappa shape index (κ3) is 1.25. The lowest BCUT2D eigenvalue weighted by atomic mass is 10.1. The molecule has 1 radical (unpaired) electrons. The highest BCUT2D eigenvalue weighted by molar-refractivity contribution is 6.35. The summed E-state index contributed by atoms with van der Waals surface area (Å²) in [5.74, 6) is 0. The molecular formula is C9H7Cl2. The number of hydrogen-bond acceptors (Lipinski definition) is 0. The Morgan fingerprint density at radius 3 is 2.82 bits per heavy atom. The van der Waals surface area contributed by atoms with E-state index in [1.165, 1.54) is 11.1 Å². The predicted molar refractivity (Wildman–Crippen MR) is 48.2 cm³/mol. The second kappa shape index (κ2) is 2.69. The number of rotatable bonds is 0. The molecule has 11 heavy (non-hydrogen) atoms. The fraction of sp³-hybridized carbons (Fsp3) is 0.222. The summed E-state index contributed by atoms with van der Waals surface area (Å²) in [6.45, 7) is 0. The lowest BCUT2D eigenvalue weighted by molar-refractivity contribution is 1.03. The summed E-state index contributed by atoms with van der Waals surface area (Å²) in [4.78, 5) is 0. The van der Waals surface area contributed by atoms with Gasteiger partial charge in [0.15, 0.2) is 0 Å². The molecule has 1 aliphatic rings. The van der Waals surface area contributed by atoms with E-state index >= 15 is 0 Å². The van der Waals surface area contributed by atoms with E-state index in [1.807, 2.05) is 6.07 Å². The summed E-state index contributed by atoms with van der Waals surface area (Å²) in [7, 11) is 0. The van der Waals surface area contributed by atoms with Crippen molar-refractivity contribution in [3.8, 4) is 0 Å². The average Bonchev–Trinajstić information content (AvgIpc) is 2.34. The van der Waals surface area contributed by atoms with Gasteiger partial charge >= 0.3 is 0 Å². The molecule has 0 aliphatic heterocycles. The molecule has 2 heteroatoms. The monoisotopic (exact) mass is 185 g/mol. The van der Waals surface area contributed by atoms with Crippen LogP contribution in [-0.4, -0.2) is 0 Å². The summed E-state index contributed by atoms with van der Waals surface area (Å²) >= 11 is 11.8. The van der Waals surface area contributed by atoms with Gasteiger partial charge in [-0.1, -0.05) is 23.2 Å². The molecule has 0 saturated carbocycles. The van der Waals surface area contributed by atoms with Gasteiger partial charge in [0.05, 0.1) is 0 Å².